The van der Waals surface area contributed by atoms with Crippen LogP contribution in [0, 0.1) is 0 Å². The van der Waals surface area contributed by atoms with Gasteiger partial charge in [0.1, 0.15) is 0 Å². The van der Waals surface area contributed by atoms with Crippen molar-refractivity contribution in [2.24, 2.45) is 0 Å². The summed E-state index contributed by atoms with van der Waals surface area (Å²) in [6.07, 6.45) is 0. The molecule has 1 aromatic heterocycles. The summed E-state index contributed by atoms with van der Waals surface area (Å²) in [6.45, 7) is 0. The minimum absolute atomic E-state index is 0.204. The number of nitrogens with one attached hydrogen (secondary N) is 2. The number of hydrogen-bond acceptors (Lipinski definition) is 3. The Morgan fingerprint density at radius 3 is 2.42 bits per heavy atom. The Kier molecular flexibility index (Phi) is 3.97. The summed E-state index contributed by atoms with van der Waals surface area (Å²) in [5, 5.41) is 5.15. The molecular formula is C21H18N2O3. The van der Waals surface area contributed by atoms with E-state index in [1.54, 1.807) is 32.4 Å². The molecule has 4 rings (SSSR count). The number of aromatic amines is 1. The fourth-order valence-electron chi connectivity index (χ4n) is 3.11. The summed E-state index contributed by atoms with van der Waals surface area (Å²) in [7, 11) is 3.11. The Balaban J connectivity index is 1.66. The van der Waals surface area contributed by atoms with Crippen LogP contribution in [0.15, 0.2) is 60.7 Å². The summed E-state index contributed by atoms with van der Waals surface area (Å²) in [4.78, 5) is 16.0. The van der Waals surface area contributed by atoms with E-state index in [0.29, 0.717) is 17.1 Å². The van der Waals surface area contributed by atoms with Gasteiger partial charge in [0.25, 0.3) is 5.91 Å². The fraction of sp³-hybridized carbons (Fsp3) is 0.0952. The Hall–Kier alpha value is -3.47. The summed E-state index contributed by atoms with van der Waals surface area (Å²) >= 11 is 0. The average molecular weight is 346 g/mol. The van der Waals surface area contributed by atoms with E-state index in [2.05, 4.69) is 16.4 Å². The van der Waals surface area contributed by atoms with E-state index in [4.69, 9.17) is 9.47 Å². The van der Waals surface area contributed by atoms with E-state index in [0.717, 1.165) is 27.5 Å². The minimum Gasteiger partial charge on any atom is -0.493 e. The van der Waals surface area contributed by atoms with Crippen LogP contribution in [0.25, 0.3) is 21.8 Å². The summed E-state index contributed by atoms with van der Waals surface area (Å²) < 4.78 is 10.5. The molecule has 0 aliphatic rings. The number of anilines is 1. The van der Waals surface area contributed by atoms with Gasteiger partial charge in [-0.1, -0.05) is 18.2 Å². The predicted octanol–water partition coefficient (Wildman–Crippen LogP) is 4.59. The molecule has 0 aliphatic heterocycles. The maximum atomic E-state index is 12.6. The van der Waals surface area contributed by atoms with Gasteiger partial charge in [-0.05, 0) is 42.5 Å². The molecule has 5 nitrogen and oxygen atoms in total. The second-order valence-corrected chi connectivity index (χ2v) is 5.95. The molecule has 2 N–H and O–H groups in total. The number of carbonyl (C=O) groups is 1. The third kappa shape index (κ3) is 2.73. The molecule has 0 aliphatic carbocycles. The molecule has 0 radical (unpaired) electrons. The molecule has 0 unspecified atom stereocenters. The van der Waals surface area contributed by atoms with Crippen molar-refractivity contribution >= 4 is 33.4 Å². The third-order valence-electron chi connectivity index (χ3n) is 4.41. The Morgan fingerprint density at radius 2 is 1.62 bits per heavy atom. The lowest BCUT2D eigenvalue weighted by Crippen LogP contribution is -2.12. The first kappa shape index (κ1) is 16.0. The molecule has 130 valence electrons. The number of methoxy groups -OCH3 is 2. The van der Waals surface area contributed by atoms with Crippen LogP contribution in [0.1, 0.15) is 10.4 Å². The Labute approximate surface area is 150 Å². The van der Waals surface area contributed by atoms with Crippen LogP contribution >= 0.6 is 0 Å². The maximum absolute atomic E-state index is 12.6. The van der Waals surface area contributed by atoms with E-state index < -0.39 is 0 Å². The molecule has 4 aromatic rings. The lowest BCUT2D eigenvalue weighted by Gasteiger charge is -2.10. The zero-order chi connectivity index (χ0) is 18.1. The molecule has 3 aromatic carbocycles. The van der Waals surface area contributed by atoms with Gasteiger partial charge in [0.15, 0.2) is 11.5 Å². The molecule has 0 fully saturated rings. The molecule has 26 heavy (non-hydrogen) atoms. The largest absolute Gasteiger partial charge is 0.493 e. The highest BCUT2D eigenvalue weighted by Crippen LogP contribution is 2.29. The number of hydrogen-bond donors (Lipinski definition) is 2. The zero-order valence-corrected chi connectivity index (χ0v) is 14.5. The molecule has 0 bridgehead atoms. The lowest BCUT2D eigenvalue weighted by atomic mass is 10.1. The van der Waals surface area contributed by atoms with Gasteiger partial charge in [0, 0.05) is 33.1 Å². The van der Waals surface area contributed by atoms with Crippen molar-refractivity contribution in [1.82, 2.24) is 4.98 Å². The SMILES string of the molecule is COc1ccc(C(=O)Nc2ccc3[nH]c4ccccc4c3c2)cc1OC. The van der Waals surface area contributed by atoms with Crippen molar-refractivity contribution in [2.75, 3.05) is 19.5 Å². The molecule has 1 heterocycles. The number of H-pyrrole nitrogens is 1. The van der Waals surface area contributed by atoms with Crippen molar-refractivity contribution in [3.05, 3.63) is 66.2 Å². The van der Waals surface area contributed by atoms with Crippen LogP contribution in [-0.4, -0.2) is 25.1 Å². The number of fused-ring (bicyclic) bond motifs is 3. The molecule has 1 amide bonds. The van der Waals surface area contributed by atoms with Crippen molar-refractivity contribution in [1.29, 1.82) is 0 Å². The average Bonchev–Trinajstić information content (AvgIpc) is 3.05. The smallest absolute Gasteiger partial charge is 0.255 e. The quantitative estimate of drug-likeness (QED) is 0.568. The number of benzene rings is 3. The number of ether oxygens (including phenoxy) is 2. The van der Waals surface area contributed by atoms with Gasteiger partial charge in [0.2, 0.25) is 0 Å². The van der Waals surface area contributed by atoms with Gasteiger partial charge < -0.3 is 19.8 Å². The standard InChI is InChI=1S/C21H18N2O3/c1-25-19-10-7-13(11-20(19)26-2)21(24)22-14-8-9-18-16(12-14)15-5-3-4-6-17(15)23-18/h3-12,23H,1-2H3,(H,22,24). The topological polar surface area (TPSA) is 63.3 Å². The number of carbonyl (C=O) groups excluding carboxylic acids is 1. The van der Waals surface area contributed by atoms with Gasteiger partial charge in [0.05, 0.1) is 14.2 Å². The van der Waals surface area contributed by atoms with Crippen molar-refractivity contribution in [2.45, 2.75) is 0 Å². The molecule has 0 spiro atoms. The van der Waals surface area contributed by atoms with Gasteiger partial charge in [-0.2, -0.15) is 0 Å². The van der Waals surface area contributed by atoms with Crippen molar-refractivity contribution < 1.29 is 14.3 Å². The summed E-state index contributed by atoms with van der Waals surface area (Å²) in [5.41, 5.74) is 3.35. The van der Waals surface area contributed by atoms with Crippen LogP contribution < -0.4 is 14.8 Å². The summed E-state index contributed by atoms with van der Waals surface area (Å²) in [6, 6.07) is 19.0. The number of aromatic nitrogens is 1. The Morgan fingerprint density at radius 1 is 0.846 bits per heavy atom. The lowest BCUT2D eigenvalue weighted by molar-refractivity contribution is 0.102. The minimum atomic E-state index is -0.204. The highest BCUT2D eigenvalue weighted by molar-refractivity contribution is 6.10. The Bertz CT molecular complexity index is 1110. The van der Waals surface area contributed by atoms with Gasteiger partial charge >= 0.3 is 0 Å². The molecule has 0 atom stereocenters. The zero-order valence-electron chi connectivity index (χ0n) is 14.5. The molecular weight excluding hydrogens is 328 g/mol. The van der Waals surface area contributed by atoms with E-state index in [-0.39, 0.29) is 5.91 Å². The first-order valence-corrected chi connectivity index (χ1v) is 8.23. The second-order valence-electron chi connectivity index (χ2n) is 5.95. The van der Waals surface area contributed by atoms with E-state index in [1.807, 2.05) is 36.4 Å². The predicted molar refractivity (Wildman–Crippen MR) is 103 cm³/mol. The van der Waals surface area contributed by atoms with E-state index in [9.17, 15) is 4.79 Å². The van der Waals surface area contributed by atoms with Crippen molar-refractivity contribution in [3.8, 4) is 11.5 Å². The van der Waals surface area contributed by atoms with Gasteiger partial charge in [-0.15, -0.1) is 0 Å². The van der Waals surface area contributed by atoms with Crippen LogP contribution in [-0.2, 0) is 0 Å². The fourth-order valence-corrected chi connectivity index (χ4v) is 3.11. The van der Waals surface area contributed by atoms with Crippen molar-refractivity contribution in [3.63, 3.8) is 0 Å². The number of rotatable bonds is 4. The molecule has 5 heteroatoms. The highest BCUT2D eigenvalue weighted by atomic mass is 16.5. The van der Waals surface area contributed by atoms with Crippen LogP contribution in [0.5, 0.6) is 11.5 Å². The van der Waals surface area contributed by atoms with E-state index >= 15 is 0 Å². The third-order valence-corrected chi connectivity index (χ3v) is 4.41. The highest BCUT2D eigenvalue weighted by Gasteiger charge is 2.12. The number of para-hydroxylation sites is 1. The maximum Gasteiger partial charge on any atom is 0.255 e. The van der Waals surface area contributed by atoms with Crippen LogP contribution in [0.3, 0.4) is 0 Å². The van der Waals surface area contributed by atoms with Crippen LogP contribution in [0.4, 0.5) is 5.69 Å². The number of amides is 1. The monoisotopic (exact) mass is 346 g/mol. The first-order chi connectivity index (χ1) is 12.7. The second kappa shape index (κ2) is 6.44. The molecule has 0 saturated heterocycles. The summed E-state index contributed by atoms with van der Waals surface area (Å²) in [5.74, 6) is 0.904. The van der Waals surface area contributed by atoms with Gasteiger partial charge in [-0.3, -0.25) is 4.79 Å². The van der Waals surface area contributed by atoms with Gasteiger partial charge in [-0.25, -0.2) is 0 Å². The van der Waals surface area contributed by atoms with Crippen LogP contribution in [0.2, 0.25) is 0 Å². The normalized spacial score (nSPS) is 10.8. The first-order valence-electron chi connectivity index (χ1n) is 8.23. The molecule has 0 saturated carbocycles. The van der Waals surface area contributed by atoms with E-state index in [1.165, 1.54) is 0 Å².